The van der Waals surface area contributed by atoms with E-state index in [0.29, 0.717) is 10.5 Å². The van der Waals surface area contributed by atoms with Crippen molar-refractivity contribution in [2.75, 3.05) is 13.3 Å². The van der Waals surface area contributed by atoms with Gasteiger partial charge in [-0.05, 0) is 43.0 Å². The van der Waals surface area contributed by atoms with Gasteiger partial charge in [-0.15, -0.1) is 11.8 Å². The van der Waals surface area contributed by atoms with Crippen molar-refractivity contribution < 1.29 is 23.6 Å². The summed E-state index contributed by atoms with van der Waals surface area (Å²) < 4.78 is 18.4. The highest BCUT2D eigenvalue weighted by Crippen LogP contribution is 2.28. The van der Waals surface area contributed by atoms with Crippen LogP contribution in [0.2, 0.25) is 0 Å². The summed E-state index contributed by atoms with van der Waals surface area (Å²) in [6.07, 6.45) is 0.584. The Morgan fingerprint density at radius 1 is 1.29 bits per heavy atom. The fourth-order valence-electron chi connectivity index (χ4n) is 2.54. The molecule has 2 aromatic rings. The van der Waals surface area contributed by atoms with Crippen LogP contribution >= 0.6 is 11.8 Å². The molecule has 9 heteroatoms. The van der Waals surface area contributed by atoms with E-state index in [1.165, 1.54) is 61.0 Å². The van der Waals surface area contributed by atoms with Crippen molar-refractivity contribution in [2.45, 2.75) is 24.5 Å². The first-order valence-corrected chi connectivity index (χ1v) is 9.48. The van der Waals surface area contributed by atoms with Gasteiger partial charge < -0.3 is 9.64 Å². The van der Waals surface area contributed by atoms with Gasteiger partial charge in [0.2, 0.25) is 0 Å². The average Bonchev–Trinajstić information content (AvgIpc) is 2.66. The molecule has 0 saturated carbocycles. The number of thioether (sulfide) groups is 1. The van der Waals surface area contributed by atoms with Gasteiger partial charge in [0.05, 0.1) is 15.4 Å². The second-order valence-corrected chi connectivity index (χ2v) is 6.86. The zero-order chi connectivity index (χ0) is 20.8. The lowest BCUT2D eigenvalue weighted by Crippen LogP contribution is -2.37. The largest absolute Gasteiger partial charge is 0.449 e. The smallest absolute Gasteiger partial charge is 0.339 e. The summed E-state index contributed by atoms with van der Waals surface area (Å²) in [4.78, 5) is 37.0. The summed E-state index contributed by atoms with van der Waals surface area (Å²) in [5, 5.41) is 11.1. The van der Waals surface area contributed by atoms with Gasteiger partial charge in [-0.3, -0.25) is 14.9 Å². The molecule has 7 nitrogen and oxygen atoms in total. The fraction of sp³-hybridized carbons (Fsp3) is 0.263. The van der Waals surface area contributed by atoms with E-state index in [1.807, 2.05) is 0 Å². The van der Waals surface area contributed by atoms with Crippen LogP contribution in [0.25, 0.3) is 0 Å². The lowest BCUT2D eigenvalue weighted by Gasteiger charge is -2.21. The van der Waals surface area contributed by atoms with Gasteiger partial charge in [0.1, 0.15) is 5.82 Å². The maximum absolute atomic E-state index is 13.3. The normalized spacial score (nSPS) is 11.6. The minimum absolute atomic E-state index is 0.0167. The highest BCUT2D eigenvalue weighted by atomic mass is 32.2. The Bertz CT molecular complexity index is 906. The number of halogens is 1. The van der Waals surface area contributed by atoms with Gasteiger partial charge in [-0.2, -0.15) is 0 Å². The topological polar surface area (TPSA) is 89.8 Å². The Labute approximate surface area is 165 Å². The molecule has 2 rings (SSSR count). The molecule has 0 aromatic heterocycles. The summed E-state index contributed by atoms with van der Waals surface area (Å²) in [7, 11) is 1.51. The number of ether oxygens (including phenoxy) is 1. The van der Waals surface area contributed by atoms with Crippen LogP contribution in [0.1, 0.15) is 22.8 Å². The van der Waals surface area contributed by atoms with E-state index < -0.39 is 28.7 Å². The average molecular weight is 406 g/mol. The van der Waals surface area contributed by atoms with E-state index in [4.69, 9.17) is 4.74 Å². The van der Waals surface area contributed by atoms with E-state index in [2.05, 4.69) is 0 Å². The van der Waals surface area contributed by atoms with Crippen molar-refractivity contribution in [3.63, 3.8) is 0 Å². The number of benzene rings is 2. The number of rotatable bonds is 7. The van der Waals surface area contributed by atoms with Gasteiger partial charge in [-0.25, -0.2) is 9.18 Å². The van der Waals surface area contributed by atoms with Crippen LogP contribution in [0.4, 0.5) is 10.1 Å². The van der Waals surface area contributed by atoms with Crippen molar-refractivity contribution in [2.24, 2.45) is 0 Å². The molecule has 0 aliphatic carbocycles. The molecule has 0 fully saturated rings. The SMILES string of the molecule is CSc1ccc(C(=O)O[C@@H](C)C(=O)N(C)Cc2cccc(F)c2)cc1[N+](=O)[O-]. The Hall–Kier alpha value is -2.94. The Kier molecular flexibility index (Phi) is 7.11. The van der Waals surface area contributed by atoms with Crippen LogP contribution < -0.4 is 0 Å². The van der Waals surface area contributed by atoms with Crippen LogP contribution in [-0.2, 0) is 16.1 Å². The first kappa shape index (κ1) is 21.4. The molecule has 0 aliphatic rings. The molecule has 0 bridgehead atoms. The van der Waals surface area contributed by atoms with E-state index in [1.54, 1.807) is 12.3 Å². The number of nitro benzene ring substituents is 1. The monoisotopic (exact) mass is 406 g/mol. The van der Waals surface area contributed by atoms with Crippen molar-refractivity contribution in [3.8, 4) is 0 Å². The molecular formula is C19H19FN2O5S. The van der Waals surface area contributed by atoms with Crippen LogP contribution in [-0.4, -0.2) is 41.1 Å². The van der Waals surface area contributed by atoms with Crippen LogP contribution in [0.5, 0.6) is 0 Å². The second-order valence-electron chi connectivity index (χ2n) is 6.02. The summed E-state index contributed by atoms with van der Waals surface area (Å²) in [5.41, 5.74) is 0.374. The van der Waals surface area contributed by atoms with Crippen molar-refractivity contribution in [3.05, 3.63) is 69.5 Å². The number of esters is 1. The molecule has 0 N–H and O–H groups in total. The highest BCUT2D eigenvalue weighted by molar-refractivity contribution is 7.98. The third-order valence-electron chi connectivity index (χ3n) is 3.93. The van der Waals surface area contributed by atoms with Gasteiger partial charge >= 0.3 is 5.97 Å². The summed E-state index contributed by atoms with van der Waals surface area (Å²) in [5.74, 6) is -1.73. The number of nitrogens with zero attached hydrogens (tertiary/aromatic N) is 2. The number of hydrogen-bond acceptors (Lipinski definition) is 6. The third-order valence-corrected chi connectivity index (χ3v) is 4.71. The molecule has 0 aliphatic heterocycles. The number of amides is 1. The van der Waals surface area contributed by atoms with Gasteiger partial charge in [0, 0.05) is 19.7 Å². The van der Waals surface area contributed by atoms with Gasteiger partial charge in [-0.1, -0.05) is 12.1 Å². The molecule has 2 aromatic carbocycles. The zero-order valence-corrected chi connectivity index (χ0v) is 16.4. The van der Waals surface area contributed by atoms with Crippen molar-refractivity contribution >= 4 is 29.3 Å². The van der Waals surface area contributed by atoms with Crippen molar-refractivity contribution in [1.29, 1.82) is 0 Å². The molecule has 1 atom stereocenters. The molecule has 0 heterocycles. The minimum atomic E-state index is -1.11. The standard InChI is InChI=1S/C19H19FN2O5S/c1-12(18(23)21(2)11-13-5-4-6-15(20)9-13)27-19(24)14-7-8-17(28-3)16(10-14)22(25)26/h4-10,12H,11H2,1-3H3/t12-/m0/s1. The maximum atomic E-state index is 13.3. The molecule has 148 valence electrons. The summed E-state index contributed by atoms with van der Waals surface area (Å²) in [6.45, 7) is 1.55. The van der Waals surface area contributed by atoms with Crippen LogP contribution in [0.3, 0.4) is 0 Å². The Morgan fingerprint density at radius 2 is 2.00 bits per heavy atom. The molecular weight excluding hydrogens is 387 g/mol. The van der Waals surface area contributed by atoms with Gasteiger partial charge in [0.25, 0.3) is 11.6 Å². The third kappa shape index (κ3) is 5.29. The Morgan fingerprint density at radius 3 is 2.61 bits per heavy atom. The molecule has 0 radical (unpaired) electrons. The maximum Gasteiger partial charge on any atom is 0.339 e. The predicted octanol–water partition coefficient (Wildman–Crippen LogP) is 3.66. The van der Waals surface area contributed by atoms with Crippen LogP contribution in [0.15, 0.2) is 47.4 Å². The molecule has 0 spiro atoms. The molecule has 0 unspecified atom stereocenters. The lowest BCUT2D eigenvalue weighted by molar-refractivity contribution is -0.387. The van der Waals surface area contributed by atoms with E-state index in [-0.39, 0.29) is 17.8 Å². The fourth-order valence-corrected chi connectivity index (χ4v) is 3.08. The van der Waals surface area contributed by atoms with E-state index in [0.717, 1.165) is 6.07 Å². The molecule has 1 amide bonds. The minimum Gasteiger partial charge on any atom is -0.449 e. The van der Waals surface area contributed by atoms with E-state index >= 15 is 0 Å². The van der Waals surface area contributed by atoms with Crippen molar-refractivity contribution in [1.82, 2.24) is 4.90 Å². The van der Waals surface area contributed by atoms with E-state index in [9.17, 15) is 24.1 Å². The predicted molar refractivity (Wildman–Crippen MR) is 103 cm³/mol. The first-order chi connectivity index (χ1) is 13.2. The number of carbonyl (C=O) groups excluding carboxylic acids is 2. The number of hydrogen-bond donors (Lipinski definition) is 0. The van der Waals surface area contributed by atoms with Gasteiger partial charge in [0.15, 0.2) is 6.10 Å². The molecule has 28 heavy (non-hydrogen) atoms. The number of likely N-dealkylation sites (N-methyl/N-ethyl adjacent to an activating group) is 1. The summed E-state index contributed by atoms with van der Waals surface area (Å²) in [6, 6.07) is 9.83. The van der Waals surface area contributed by atoms with Crippen LogP contribution in [0, 0.1) is 15.9 Å². The first-order valence-electron chi connectivity index (χ1n) is 8.25. The summed E-state index contributed by atoms with van der Waals surface area (Å²) >= 11 is 1.19. The lowest BCUT2D eigenvalue weighted by atomic mass is 10.2. The number of carbonyl (C=O) groups is 2. The Balaban J connectivity index is 2.05. The molecule has 0 saturated heterocycles. The quantitative estimate of drug-likeness (QED) is 0.302. The zero-order valence-electron chi connectivity index (χ0n) is 15.5. The second kappa shape index (κ2) is 9.32. The number of nitro groups is 1. The highest BCUT2D eigenvalue weighted by Gasteiger charge is 2.24.